The Balaban J connectivity index is 1.61. The summed E-state index contributed by atoms with van der Waals surface area (Å²) in [6, 6.07) is 0. The number of unbranched alkanes of at least 4 members (excludes halogenated alkanes) is 15. The first-order valence-corrected chi connectivity index (χ1v) is 14.9. The number of hydrogen-bond donors (Lipinski definition) is 0. The summed E-state index contributed by atoms with van der Waals surface area (Å²) in [5.41, 5.74) is 0. The Morgan fingerprint density at radius 3 is 1.41 bits per heavy atom. The molecule has 34 heavy (non-hydrogen) atoms. The molecule has 0 aromatic heterocycles. The average molecular weight is 487 g/mol. The first kappa shape index (κ1) is 31.8. The summed E-state index contributed by atoms with van der Waals surface area (Å²) in [4.78, 5) is 0. The lowest BCUT2D eigenvalue weighted by Gasteiger charge is -2.22. The largest absolute Gasteiger partial charge is 0.379 e. The molecule has 0 amide bonds. The molecule has 1 fully saturated rings. The van der Waals surface area contributed by atoms with Gasteiger partial charge in [-0.3, -0.25) is 0 Å². The van der Waals surface area contributed by atoms with E-state index in [1.165, 1.54) is 109 Å². The van der Waals surface area contributed by atoms with Crippen LogP contribution in [-0.4, -0.2) is 59.1 Å². The molecule has 204 valence electrons. The minimum Gasteiger partial charge on any atom is -0.379 e. The minimum absolute atomic E-state index is 0.0277. The van der Waals surface area contributed by atoms with Crippen LogP contribution in [0, 0.1) is 0 Å². The fraction of sp³-hybridized carbons (Fsp3) is 1.00. The molecule has 0 spiro atoms. The highest BCUT2D eigenvalue weighted by molar-refractivity contribution is 4.54. The third-order valence-corrected chi connectivity index (χ3v) is 6.56. The Labute approximate surface area is 212 Å². The van der Waals surface area contributed by atoms with Gasteiger partial charge in [-0.15, -0.1) is 0 Å². The van der Waals surface area contributed by atoms with Crippen LogP contribution >= 0.6 is 0 Å². The Bertz CT molecular complexity index is 374. The monoisotopic (exact) mass is 486 g/mol. The van der Waals surface area contributed by atoms with Gasteiger partial charge in [-0.05, 0) is 25.7 Å². The highest BCUT2D eigenvalue weighted by Crippen LogP contribution is 2.14. The fourth-order valence-electron chi connectivity index (χ4n) is 4.38. The van der Waals surface area contributed by atoms with Crippen molar-refractivity contribution in [1.29, 1.82) is 0 Å². The zero-order valence-corrected chi connectivity index (χ0v) is 22.7. The highest BCUT2D eigenvalue weighted by Gasteiger charge is 2.13. The van der Waals surface area contributed by atoms with Crippen LogP contribution in [0.15, 0.2) is 0 Å². The zero-order chi connectivity index (χ0) is 24.2. The molecule has 0 aromatic carbocycles. The quantitative estimate of drug-likeness (QED) is 0.111. The van der Waals surface area contributed by atoms with Crippen molar-refractivity contribution in [3.63, 3.8) is 0 Å². The molecule has 0 aliphatic carbocycles. The summed E-state index contributed by atoms with van der Waals surface area (Å²) < 4.78 is 27.9. The van der Waals surface area contributed by atoms with Crippen LogP contribution in [0.3, 0.4) is 0 Å². The normalized spacial score (nSPS) is 16.3. The minimum atomic E-state index is -0.0277. The molecule has 0 aromatic rings. The van der Waals surface area contributed by atoms with Crippen LogP contribution in [0.5, 0.6) is 0 Å². The molecule has 1 aliphatic heterocycles. The van der Waals surface area contributed by atoms with Gasteiger partial charge in [0.1, 0.15) is 0 Å². The Kier molecular flexibility index (Phi) is 25.6. The van der Waals surface area contributed by atoms with Gasteiger partial charge in [0.05, 0.1) is 39.6 Å². The predicted octanol–water partition coefficient (Wildman–Crippen LogP) is 7.84. The highest BCUT2D eigenvalue weighted by atomic mass is 16.7. The van der Waals surface area contributed by atoms with Crippen LogP contribution in [0.2, 0.25) is 0 Å². The molecule has 0 saturated carbocycles. The van der Waals surface area contributed by atoms with Crippen LogP contribution in [0.4, 0.5) is 0 Å². The number of hydrogen-bond acceptors (Lipinski definition) is 5. The van der Waals surface area contributed by atoms with Crippen LogP contribution < -0.4 is 0 Å². The lowest BCUT2D eigenvalue weighted by atomic mass is 10.0. The second-order valence-corrected chi connectivity index (χ2v) is 9.81. The smallest absolute Gasteiger partial charge is 0.157 e. The van der Waals surface area contributed by atoms with E-state index < -0.39 is 0 Å². The van der Waals surface area contributed by atoms with Crippen molar-refractivity contribution in [2.24, 2.45) is 0 Å². The van der Waals surface area contributed by atoms with Crippen molar-refractivity contribution in [2.75, 3.05) is 52.9 Å². The fourth-order valence-corrected chi connectivity index (χ4v) is 4.38. The van der Waals surface area contributed by atoms with Crippen LogP contribution in [-0.2, 0) is 23.7 Å². The molecular formula is C29H58O5. The molecule has 5 heteroatoms. The summed E-state index contributed by atoms with van der Waals surface area (Å²) in [5.74, 6) is 0. The first-order chi connectivity index (χ1) is 16.9. The van der Waals surface area contributed by atoms with E-state index in [0.717, 1.165) is 26.1 Å². The Hall–Kier alpha value is -0.200. The molecule has 1 atom stereocenters. The summed E-state index contributed by atoms with van der Waals surface area (Å²) in [5, 5.41) is 0. The van der Waals surface area contributed by atoms with Crippen molar-refractivity contribution in [1.82, 2.24) is 0 Å². The summed E-state index contributed by atoms with van der Waals surface area (Å²) in [7, 11) is 0. The van der Waals surface area contributed by atoms with Gasteiger partial charge in [0.15, 0.2) is 6.29 Å². The van der Waals surface area contributed by atoms with Crippen molar-refractivity contribution < 1.29 is 23.7 Å². The van der Waals surface area contributed by atoms with E-state index in [-0.39, 0.29) is 6.29 Å². The number of rotatable bonds is 27. The molecule has 0 radical (unpaired) electrons. The van der Waals surface area contributed by atoms with Gasteiger partial charge >= 0.3 is 0 Å². The molecule has 1 unspecified atom stereocenters. The number of ether oxygens (including phenoxy) is 5. The van der Waals surface area contributed by atoms with Gasteiger partial charge in [-0.1, -0.05) is 103 Å². The summed E-state index contributed by atoms with van der Waals surface area (Å²) in [6.07, 6.45) is 25.7. The standard InChI is InChI=1S/C29H58O5/c1-2-3-4-5-6-7-8-9-10-11-12-13-14-15-16-18-21-30-23-24-31-25-26-32-27-28-34-29-20-17-19-22-33-29/h29H,2-28H2,1H3. The van der Waals surface area contributed by atoms with Gasteiger partial charge in [0.25, 0.3) is 0 Å². The van der Waals surface area contributed by atoms with Gasteiger partial charge in [-0.25, -0.2) is 0 Å². The van der Waals surface area contributed by atoms with Gasteiger partial charge in [0.2, 0.25) is 0 Å². The average Bonchev–Trinajstić information content (AvgIpc) is 2.87. The molecule has 1 saturated heterocycles. The van der Waals surface area contributed by atoms with Crippen molar-refractivity contribution in [3.05, 3.63) is 0 Å². The van der Waals surface area contributed by atoms with E-state index in [1.807, 2.05) is 0 Å². The molecule has 5 nitrogen and oxygen atoms in total. The maximum absolute atomic E-state index is 5.67. The van der Waals surface area contributed by atoms with Gasteiger partial charge in [-0.2, -0.15) is 0 Å². The van der Waals surface area contributed by atoms with E-state index in [0.29, 0.717) is 39.6 Å². The van der Waals surface area contributed by atoms with E-state index in [2.05, 4.69) is 6.92 Å². The second kappa shape index (κ2) is 27.4. The predicted molar refractivity (Wildman–Crippen MR) is 142 cm³/mol. The lowest BCUT2D eigenvalue weighted by Crippen LogP contribution is -2.24. The lowest BCUT2D eigenvalue weighted by molar-refractivity contribution is -0.169. The molecule has 1 aliphatic rings. The Morgan fingerprint density at radius 2 is 0.941 bits per heavy atom. The Morgan fingerprint density at radius 1 is 0.500 bits per heavy atom. The van der Waals surface area contributed by atoms with Crippen LogP contribution in [0.25, 0.3) is 0 Å². The van der Waals surface area contributed by atoms with Crippen molar-refractivity contribution in [2.45, 2.75) is 135 Å². The third kappa shape index (κ3) is 23.5. The summed E-state index contributed by atoms with van der Waals surface area (Å²) in [6.45, 7) is 7.71. The maximum atomic E-state index is 5.67. The molecular weight excluding hydrogens is 428 g/mol. The van der Waals surface area contributed by atoms with Crippen molar-refractivity contribution >= 4 is 0 Å². The third-order valence-electron chi connectivity index (χ3n) is 6.56. The van der Waals surface area contributed by atoms with E-state index in [4.69, 9.17) is 23.7 Å². The SMILES string of the molecule is CCCCCCCCCCCCCCCCCCOCCOCCOCCOC1CCCCO1. The van der Waals surface area contributed by atoms with E-state index in [9.17, 15) is 0 Å². The topological polar surface area (TPSA) is 46.2 Å². The molecule has 1 rings (SSSR count). The van der Waals surface area contributed by atoms with Crippen LogP contribution in [0.1, 0.15) is 129 Å². The van der Waals surface area contributed by atoms with Gasteiger partial charge < -0.3 is 23.7 Å². The first-order valence-electron chi connectivity index (χ1n) is 14.9. The second-order valence-electron chi connectivity index (χ2n) is 9.81. The zero-order valence-electron chi connectivity index (χ0n) is 22.7. The summed E-state index contributed by atoms with van der Waals surface area (Å²) >= 11 is 0. The van der Waals surface area contributed by atoms with E-state index in [1.54, 1.807) is 0 Å². The maximum Gasteiger partial charge on any atom is 0.157 e. The van der Waals surface area contributed by atoms with Crippen molar-refractivity contribution in [3.8, 4) is 0 Å². The van der Waals surface area contributed by atoms with Gasteiger partial charge in [0, 0.05) is 13.2 Å². The molecule has 0 bridgehead atoms. The van der Waals surface area contributed by atoms with E-state index >= 15 is 0 Å². The molecule has 0 N–H and O–H groups in total. The molecule has 1 heterocycles.